The quantitative estimate of drug-likeness (QED) is 0.629. The van der Waals surface area contributed by atoms with E-state index in [-0.39, 0.29) is 12.6 Å². The molecule has 1 aliphatic carbocycles. The van der Waals surface area contributed by atoms with Gasteiger partial charge in [-0.2, -0.15) is 9.41 Å². The van der Waals surface area contributed by atoms with E-state index in [0.717, 1.165) is 49.5 Å². The SMILES string of the molecule is Cc1cccc(/C=N/NC(=O)CN(C2CCCCC2)S(C)(=O)=O)c1. The van der Waals surface area contributed by atoms with Crippen molar-refractivity contribution in [1.29, 1.82) is 0 Å². The van der Waals surface area contributed by atoms with E-state index in [1.807, 2.05) is 31.2 Å². The molecule has 1 aromatic rings. The van der Waals surface area contributed by atoms with Crippen molar-refractivity contribution in [2.45, 2.75) is 45.1 Å². The first-order valence-corrected chi connectivity index (χ1v) is 10.1. The molecule has 24 heavy (non-hydrogen) atoms. The first-order chi connectivity index (χ1) is 11.4. The van der Waals surface area contributed by atoms with E-state index in [9.17, 15) is 13.2 Å². The summed E-state index contributed by atoms with van der Waals surface area (Å²) in [4.78, 5) is 12.1. The summed E-state index contributed by atoms with van der Waals surface area (Å²) in [6.07, 6.45) is 7.47. The molecule has 0 saturated heterocycles. The zero-order valence-corrected chi connectivity index (χ0v) is 15.1. The van der Waals surface area contributed by atoms with Gasteiger partial charge in [-0.3, -0.25) is 4.79 Å². The summed E-state index contributed by atoms with van der Waals surface area (Å²) >= 11 is 0. The molecule has 0 unspecified atom stereocenters. The van der Waals surface area contributed by atoms with E-state index in [2.05, 4.69) is 10.5 Å². The predicted molar refractivity (Wildman–Crippen MR) is 95.3 cm³/mol. The summed E-state index contributed by atoms with van der Waals surface area (Å²) in [6.45, 7) is 1.79. The average Bonchev–Trinajstić information content (AvgIpc) is 2.52. The second kappa shape index (κ2) is 8.39. The highest BCUT2D eigenvalue weighted by Crippen LogP contribution is 2.24. The highest BCUT2D eigenvalue weighted by Gasteiger charge is 2.29. The van der Waals surface area contributed by atoms with E-state index >= 15 is 0 Å². The maximum Gasteiger partial charge on any atom is 0.255 e. The van der Waals surface area contributed by atoms with Gasteiger partial charge in [0.25, 0.3) is 5.91 Å². The van der Waals surface area contributed by atoms with E-state index in [4.69, 9.17) is 0 Å². The van der Waals surface area contributed by atoms with Crippen molar-refractivity contribution in [2.75, 3.05) is 12.8 Å². The van der Waals surface area contributed by atoms with Crippen molar-refractivity contribution < 1.29 is 13.2 Å². The van der Waals surface area contributed by atoms with Crippen molar-refractivity contribution in [3.05, 3.63) is 35.4 Å². The molecule has 0 aromatic heterocycles. The molecule has 1 aromatic carbocycles. The number of hydrogen-bond acceptors (Lipinski definition) is 4. The van der Waals surface area contributed by atoms with Crippen LogP contribution in [-0.2, 0) is 14.8 Å². The van der Waals surface area contributed by atoms with E-state index in [1.54, 1.807) is 6.21 Å². The number of hydrogen-bond donors (Lipinski definition) is 1. The van der Waals surface area contributed by atoms with Crippen LogP contribution >= 0.6 is 0 Å². The van der Waals surface area contributed by atoms with Gasteiger partial charge in [0.1, 0.15) is 0 Å². The monoisotopic (exact) mass is 351 g/mol. The second-order valence-electron chi connectivity index (χ2n) is 6.31. The zero-order valence-electron chi connectivity index (χ0n) is 14.2. The van der Waals surface area contributed by atoms with Gasteiger partial charge in [0.15, 0.2) is 0 Å². The summed E-state index contributed by atoms with van der Waals surface area (Å²) in [5, 5.41) is 3.92. The number of aryl methyl sites for hydroxylation is 1. The van der Waals surface area contributed by atoms with Gasteiger partial charge >= 0.3 is 0 Å². The molecule has 0 aliphatic heterocycles. The minimum absolute atomic E-state index is 0.0831. The van der Waals surface area contributed by atoms with Crippen LogP contribution in [-0.4, -0.2) is 43.7 Å². The maximum atomic E-state index is 12.1. The lowest BCUT2D eigenvalue weighted by Crippen LogP contribution is -2.45. The third-order valence-corrected chi connectivity index (χ3v) is 5.43. The number of carbonyl (C=O) groups is 1. The molecule has 132 valence electrons. The third-order valence-electron chi connectivity index (χ3n) is 4.15. The highest BCUT2D eigenvalue weighted by molar-refractivity contribution is 7.88. The van der Waals surface area contributed by atoms with Crippen molar-refractivity contribution >= 4 is 22.1 Å². The lowest BCUT2D eigenvalue weighted by Gasteiger charge is -2.31. The van der Waals surface area contributed by atoms with Gasteiger partial charge in [-0.05, 0) is 25.3 Å². The Morgan fingerprint density at radius 3 is 2.67 bits per heavy atom. The van der Waals surface area contributed by atoms with Crippen LogP contribution in [0.25, 0.3) is 0 Å². The van der Waals surface area contributed by atoms with Crippen LogP contribution in [0.3, 0.4) is 0 Å². The predicted octanol–water partition coefficient (Wildman–Crippen LogP) is 2.04. The molecule has 7 heteroatoms. The van der Waals surface area contributed by atoms with Crippen molar-refractivity contribution in [1.82, 2.24) is 9.73 Å². The highest BCUT2D eigenvalue weighted by atomic mass is 32.2. The Balaban J connectivity index is 1.95. The molecular weight excluding hydrogens is 326 g/mol. The number of sulfonamides is 1. The van der Waals surface area contributed by atoms with Crippen molar-refractivity contribution in [3.63, 3.8) is 0 Å². The van der Waals surface area contributed by atoms with E-state index < -0.39 is 15.9 Å². The van der Waals surface area contributed by atoms with Gasteiger partial charge in [0, 0.05) is 6.04 Å². The molecule has 1 N–H and O–H groups in total. The Kier molecular flexibility index (Phi) is 6.51. The molecular formula is C17H25N3O3S. The van der Waals surface area contributed by atoms with Crippen molar-refractivity contribution in [3.8, 4) is 0 Å². The number of nitrogens with one attached hydrogen (secondary N) is 1. The van der Waals surface area contributed by atoms with Gasteiger partial charge in [0.05, 0.1) is 19.0 Å². The van der Waals surface area contributed by atoms with Crippen molar-refractivity contribution in [2.24, 2.45) is 5.10 Å². The lowest BCUT2D eigenvalue weighted by atomic mass is 9.95. The maximum absolute atomic E-state index is 12.1. The molecule has 2 rings (SSSR count). The molecule has 6 nitrogen and oxygen atoms in total. The van der Waals surface area contributed by atoms with E-state index in [1.165, 1.54) is 4.31 Å². The van der Waals surface area contributed by atoms with Gasteiger partial charge in [-0.25, -0.2) is 13.8 Å². The lowest BCUT2D eigenvalue weighted by molar-refractivity contribution is -0.121. The first kappa shape index (κ1) is 18.6. The normalized spacial score (nSPS) is 16.6. The summed E-state index contributed by atoms with van der Waals surface area (Å²) in [5.74, 6) is -0.421. The molecule has 1 fully saturated rings. The first-order valence-electron chi connectivity index (χ1n) is 8.21. The molecule has 0 heterocycles. The standard InChI is InChI=1S/C17H25N3O3S/c1-14-7-6-8-15(11-14)12-18-19-17(21)13-20(24(2,22)23)16-9-4-3-5-10-16/h6-8,11-12,16H,3-5,9-10,13H2,1-2H3,(H,19,21)/b18-12+. The Morgan fingerprint density at radius 1 is 1.33 bits per heavy atom. The molecule has 0 bridgehead atoms. The van der Waals surface area contributed by atoms with Crippen LogP contribution in [0.4, 0.5) is 0 Å². The van der Waals surface area contributed by atoms with Crippen LogP contribution in [0, 0.1) is 6.92 Å². The average molecular weight is 351 g/mol. The number of rotatable bonds is 6. The second-order valence-corrected chi connectivity index (χ2v) is 8.24. The van der Waals surface area contributed by atoms with Crippen LogP contribution in [0.15, 0.2) is 29.4 Å². The Bertz CT molecular complexity index is 695. The molecule has 0 radical (unpaired) electrons. The Morgan fingerprint density at radius 2 is 2.04 bits per heavy atom. The number of hydrazone groups is 1. The molecule has 1 aliphatic rings. The number of nitrogens with zero attached hydrogens (tertiary/aromatic N) is 2. The summed E-state index contributed by atoms with van der Waals surface area (Å²) in [7, 11) is -3.42. The largest absolute Gasteiger partial charge is 0.272 e. The minimum Gasteiger partial charge on any atom is -0.272 e. The topological polar surface area (TPSA) is 78.8 Å². The number of amides is 1. The van der Waals surface area contributed by atoms with Gasteiger partial charge in [0.2, 0.25) is 10.0 Å². The van der Waals surface area contributed by atoms with Gasteiger partial charge in [-0.1, -0.05) is 49.1 Å². The summed E-state index contributed by atoms with van der Waals surface area (Å²) in [5.41, 5.74) is 4.40. The van der Waals surface area contributed by atoms with Crippen LogP contribution in [0.2, 0.25) is 0 Å². The Labute approximate surface area is 144 Å². The summed E-state index contributed by atoms with van der Waals surface area (Å²) in [6, 6.07) is 7.63. The fourth-order valence-electron chi connectivity index (χ4n) is 2.99. The van der Waals surface area contributed by atoms with Gasteiger partial charge in [-0.15, -0.1) is 0 Å². The minimum atomic E-state index is -3.42. The number of benzene rings is 1. The fourth-order valence-corrected chi connectivity index (χ4v) is 4.10. The number of carbonyl (C=O) groups excluding carboxylic acids is 1. The Hall–Kier alpha value is -1.73. The molecule has 0 spiro atoms. The molecule has 1 amide bonds. The molecule has 0 atom stereocenters. The smallest absolute Gasteiger partial charge is 0.255 e. The zero-order chi connectivity index (χ0) is 17.6. The van der Waals surface area contributed by atoms with Crippen LogP contribution < -0.4 is 5.43 Å². The van der Waals surface area contributed by atoms with Crippen LogP contribution in [0.5, 0.6) is 0 Å². The van der Waals surface area contributed by atoms with Crippen LogP contribution in [0.1, 0.15) is 43.2 Å². The summed E-state index contributed by atoms with van der Waals surface area (Å²) < 4.78 is 25.3. The fraction of sp³-hybridized carbons (Fsp3) is 0.529. The van der Waals surface area contributed by atoms with E-state index in [0.29, 0.717) is 0 Å². The van der Waals surface area contributed by atoms with Gasteiger partial charge < -0.3 is 0 Å². The third kappa shape index (κ3) is 5.72. The molecule has 1 saturated carbocycles.